The molecular formula is C13H19N5O. The van der Waals surface area contributed by atoms with Gasteiger partial charge in [-0.25, -0.2) is 4.98 Å². The number of rotatable bonds is 5. The molecule has 0 bridgehead atoms. The Morgan fingerprint density at radius 1 is 1.42 bits per heavy atom. The molecule has 0 fully saturated rings. The number of aromatic amines is 2. The van der Waals surface area contributed by atoms with Crippen molar-refractivity contribution in [3.63, 3.8) is 0 Å². The second kappa shape index (κ2) is 5.69. The van der Waals surface area contributed by atoms with E-state index >= 15 is 0 Å². The van der Waals surface area contributed by atoms with Crippen LogP contribution >= 0.6 is 0 Å². The minimum Gasteiger partial charge on any atom is -0.341 e. The number of aromatic nitrogens is 4. The van der Waals surface area contributed by atoms with Gasteiger partial charge in [0.15, 0.2) is 0 Å². The Bertz CT molecular complexity index is 524. The molecule has 0 aliphatic heterocycles. The van der Waals surface area contributed by atoms with Crippen LogP contribution in [0.3, 0.4) is 0 Å². The first-order valence-corrected chi connectivity index (χ1v) is 6.34. The normalized spacial score (nSPS) is 10.7. The first-order chi connectivity index (χ1) is 9.09. The van der Waals surface area contributed by atoms with Gasteiger partial charge in [-0.05, 0) is 32.3 Å². The lowest BCUT2D eigenvalue weighted by Gasteiger charge is -2.15. The van der Waals surface area contributed by atoms with Crippen molar-refractivity contribution in [2.45, 2.75) is 26.7 Å². The quantitative estimate of drug-likeness (QED) is 0.855. The van der Waals surface area contributed by atoms with Gasteiger partial charge in [-0.1, -0.05) is 0 Å². The average Bonchev–Trinajstić information content (AvgIpc) is 3.02. The van der Waals surface area contributed by atoms with Gasteiger partial charge in [-0.2, -0.15) is 5.10 Å². The molecule has 6 heteroatoms. The van der Waals surface area contributed by atoms with Gasteiger partial charge in [0, 0.05) is 19.3 Å². The molecule has 2 heterocycles. The van der Waals surface area contributed by atoms with Gasteiger partial charge < -0.3 is 9.88 Å². The van der Waals surface area contributed by atoms with Gasteiger partial charge in [0.25, 0.3) is 5.91 Å². The van der Waals surface area contributed by atoms with Crippen LogP contribution in [0.15, 0.2) is 12.5 Å². The van der Waals surface area contributed by atoms with Gasteiger partial charge in [0.05, 0.1) is 18.2 Å². The SMILES string of the molecule is Cc1n[nH]c(C)c1CCCN(C)C(=O)c1cnc[nH]1. The summed E-state index contributed by atoms with van der Waals surface area (Å²) >= 11 is 0. The maximum absolute atomic E-state index is 12.0. The van der Waals surface area contributed by atoms with Gasteiger partial charge in [0.1, 0.15) is 5.69 Å². The lowest BCUT2D eigenvalue weighted by molar-refractivity contribution is 0.0788. The highest BCUT2D eigenvalue weighted by Crippen LogP contribution is 2.12. The second-order valence-corrected chi connectivity index (χ2v) is 4.71. The summed E-state index contributed by atoms with van der Waals surface area (Å²) in [5, 5.41) is 7.15. The third-order valence-electron chi connectivity index (χ3n) is 3.28. The zero-order chi connectivity index (χ0) is 13.8. The van der Waals surface area contributed by atoms with Crippen LogP contribution in [-0.4, -0.2) is 44.6 Å². The summed E-state index contributed by atoms with van der Waals surface area (Å²) in [5.74, 6) is -0.0295. The fourth-order valence-electron chi connectivity index (χ4n) is 2.12. The van der Waals surface area contributed by atoms with E-state index in [1.54, 1.807) is 18.1 Å². The number of hydrogen-bond acceptors (Lipinski definition) is 3. The Balaban J connectivity index is 1.84. The number of nitrogens with zero attached hydrogens (tertiary/aromatic N) is 3. The molecule has 2 aromatic heterocycles. The lowest BCUT2D eigenvalue weighted by atomic mass is 10.1. The molecule has 0 aliphatic rings. The molecular weight excluding hydrogens is 242 g/mol. The van der Waals surface area contributed by atoms with Crippen LogP contribution in [0.1, 0.15) is 33.9 Å². The van der Waals surface area contributed by atoms with Crippen molar-refractivity contribution in [3.8, 4) is 0 Å². The van der Waals surface area contributed by atoms with Crippen LogP contribution in [-0.2, 0) is 6.42 Å². The Hall–Kier alpha value is -2.11. The zero-order valence-electron chi connectivity index (χ0n) is 11.5. The topological polar surface area (TPSA) is 77.7 Å². The average molecular weight is 261 g/mol. The van der Waals surface area contributed by atoms with E-state index in [2.05, 4.69) is 20.2 Å². The van der Waals surface area contributed by atoms with Crippen LogP contribution < -0.4 is 0 Å². The van der Waals surface area contributed by atoms with E-state index < -0.39 is 0 Å². The van der Waals surface area contributed by atoms with E-state index in [0.29, 0.717) is 12.2 Å². The van der Waals surface area contributed by atoms with Crippen LogP contribution in [0.2, 0.25) is 0 Å². The van der Waals surface area contributed by atoms with Crippen molar-refractivity contribution in [2.75, 3.05) is 13.6 Å². The van der Waals surface area contributed by atoms with E-state index in [1.807, 2.05) is 13.8 Å². The molecule has 102 valence electrons. The van der Waals surface area contributed by atoms with E-state index in [-0.39, 0.29) is 5.91 Å². The first kappa shape index (κ1) is 13.3. The van der Waals surface area contributed by atoms with Crippen LogP contribution in [0.4, 0.5) is 0 Å². The second-order valence-electron chi connectivity index (χ2n) is 4.71. The molecule has 2 aromatic rings. The standard InChI is InChI=1S/C13H19N5O/c1-9-11(10(2)17-16-9)5-4-6-18(3)13(19)12-7-14-8-15-12/h7-8H,4-6H2,1-3H3,(H,14,15)(H,16,17). The highest BCUT2D eigenvalue weighted by atomic mass is 16.2. The third-order valence-corrected chi connectivity index (χ3v) is 3.28. The van der Waals surface area contributed by atoms with Crippen molar-refractivity contribution in [3.05, 3.63) is 35.2 Å². The van der Waals surface area contributed by atoms with Gasteiger partial charge in [0.2, 0.25) is 0 Å². The molecule has 6 nitrogen and oxygen atoms in total. The lowest BCUT2D eigenvalue weighted by Crippen LogP contribution is -2.28. The molecule has 2 rings (SSSR count). The first-order valence-electron chi connectivity index (χ1n) is 6.34. The minimum atomic E-state index is -0.0295. The molecule has 0 aromatic carbocycles. The Labute approximate surface area is 112 Å². The van der Waals surface area contributed by atoms with Gasteiger partial charge in [-0.15, -0.1) is 0 Å². The monoisotopic (exact) mass is 261 g/mol. The molecule has 0 atom stereocenters. The molecule has 0 unspecified atom stereocenters. The molecule has 19 heavy (non-hydrogen) atoms. The summed E-state index contributed by atoms with van der Waals surface area (Å²) < 4.78 is 0. The number of amides is 1. The number of imidazole rings is 1. The minimum absolute atomic E-state index is 0.0295. The maximum atomic E-state index is 12.0. The number of carbonyl (C=O) groups is 1. The summed E-state index contributed by atoms with van der Waals surface area (Å²) in [6.45, 7) is 4.73. The predicted molar refractivity (Wildman–Crippen MR) is 71.9 cm³/mol. The number of H-pyrrole nitrogens is 2. The number of carbonyl (C=O) groups excluding carboxylic acids is 1. The van der Waals surface area contributed by atoms with Gasteiger partial charge in [-0.3, -0.25) is 9.89 Å². The summed E-state index contributed by atoms with van der Waals surface area (Å²) in [6, 6.07) is 0. The van der Waals surface area contributed by atoms with Crippen LogP contribution in [0, 0.1) is 13.8 Å². The highest BCUT2D eigenvalue weighted by molar-refractivity contribution is 5.91. The molecule has 0 saturated carbocycles. The molecule has 2 N–H and O–H groups in total. The van der Waals surface area contributed by atoms with Crippen molar-refractivity contribution >= 4 is 5.91 Å². The predicted octanol–water partition coefficient (Wildman–Crippen LogP) is 1.45. The van der Waals surface area contributed by atoms with E-state index in [1.165, 1.54) is 11.9 Å². The Morgan fingerprint density at radius 2 is 2.21 bits per heavy atom. The summed E-state index contributed by atoms with van der Waals surface area (Å²) in [7, 11) is 1.80. The Kier molecular flexibility index (Phi) is 3.99. The fraction of sp³-hybridized carbons (Fsp3) is 0.462. The maximum Gasteiger partial charge on any atom is 0.271 e. The highest BCUT2D eigenvalue weighted by Gasteiger charge is 2.13. The number of hydrogen-bond donors (Lipinski definition) is 2. The van der Waals surface area contributed by atoms with Crippen molar-refractivity contribution < 1.29 is 4.79 Å². The third kappa shape index (κ3) is 3.01. The van der Waals surface area contributed by atoms with E-state index in [4.69, 9.17) is 0 Å². The molecule has 1 amide bonds. The molecule has 0 spiro atoms. The summed E-state index contributed by atoms with van der Waals surface area (Å²) in [5.41, 5.74) is 3.93. The number of aryl methyl sites for hydroxylation is 2. The summed E-state index contributed by atoms with van der Waals surface area (Å²) in [6.07, 6.45) is 4.90. The number of nitrogens with one attached hydrogen (secondary N) is 2. The molecule has 0 aliphatic carbocycles. The Morgan fingerprint density at radius 3 is 2.79 bits per heavy atom. The molecule has 0 radical (unpaired) electrons. The zero-order valence-corrected chi connectivity index (χ0v) is 11.5. The summed E-state index contributed by atoms with van der Waals surface area (Å²) in [4.78, 5) is 20.4. The van der Waals surface area contributed by atoms with Crippen LogP contribution in [0.5, 0.6) is 0 Å². The van der Waals surface area contributed by atoms with Gasteiger partial charge >= 0.3 is 0 Å². The smallest absolute Gasteiger partial charge is 0.271 e. The fourth-order valence-corrected chi connectivity index (χ4v) is 2.12. The molecule has 0 saturated heterocycles. The largest absolute Gasteiger partial charge is 0.341 e. The van der Waals surface area contributed by atoms with Crippen molar-refractivity contribution in [1.82, 2.24) is 25.1 Å². The van der Waals surface area contributed by atoms with E-state index in [9.17, 15) is 4.79 Å². The van der Waals surface area contributed by atoms with E-state index in [0.717, 1.165) is 24.2 Å². The van der Waals surface area contributed by atoms with Crippen molar-refractivity contribution in [1.29, 1.82) is 0 Å². The van der Waals surface area contributed by atoms with Crippen molar-refractivity contribution in [2.24, 2.45) is 0 Å². The van der Waals surface area contributed by atoms with Crippen LogP contribution in [0.25, 0.3) is 0 Å².